The lowest BCUT2D eigenvalue weighted by Gasteiger charge is -2.13. The third kappa shape index (κ3) is 4.65. The van der Waals surface area contributed by atoms with Crippen LogP contribution >= 0.6 is 23.1 Å². The van der Waals surface area contributed by atoms with Crippen LogP contribution in [0.2, 0.25) is 0 Å². The quantitative estimate of drug-likeness (QED) is 0.199. The number of hydrogen-bond donors (Lipinski definition) is 0. The second-order valence-electron chi connectivity index (χ2n) is 7.49. The number of aromatic nitrogens is 2. The molecule has 0 radical (unpaired) electrons. The smallest absolute Gasteiger partial charge is 0.316 e. The van der Waals surface area contributed by atoms with Crippen LogP contribution in [0.15, 0.2) is 34.2 Å². The van der Waals surface area contributed by atoms with E-state index < -0.39 is 0 Å². The van der Waals surface area contributed by atoms with Crippen molar-refractivity contribution >= 4 is 39.3 Å². The van der Waals surface area contributed by atoms with E-state index in [1.165, 1.54) is 16.6 Å². The molecule has 0 fully saturated rings. The number of aryl methyl sites for hydroxylation is 2. The molecule has 0 amide bonds. The van der Waals surface area contributed by atoms with Crippen molar-refractivity contribution in [2.75, 3.05) is 19.5 Å². The highest BCUT2D eigenvalue weighted by Gasteiger charge is 2.24. The van der Waals surface area contributed by atoms with Gasteiger partial charge >= 0.3 is 5.97 Å². The molecule has 31 heavy (non-hydrogen) atoms. The Morgan fingerprint density at radius 1 is 1.23 bits per heavy atom. The number of carbonyl (C=O) groups excluding carboxylic acids is 1. The molecule has 164 valence electrons. The van der Waals surface area contributed by atoms with Crippen molar-refractivity contribution in [1.29, 1.82) is 0 Å². The molecule has 2 heterocycles. The minimum atomic E-state index is -0.287. The second-order valence-corrected chi connectivity index (χ2v) is 9.51. The lowest BCUT2D eigenvalue weighted by molar-refractivity contribution is -0.140. The van der Waals surface area contributed by atoms with Gasteiger partial charge in [-0.05, 0) is 55.5 Å². The van der Waals surface area contributed by atoms with Gasteiger partial charge in [0.1, 0.15) is 10.6 Å². The monoisotopic (exact) mass is 458 g/mol. The number of thioether (sulfide) groups is 1. The predicted molar refractivity (Wildman–Crippen MR) is 125 cm³/mol. The van der Waals surface area contributed by atoms with Gasteiger partial charge in [0.25, 0.3) is 5.56 Å². The van der Waals surface area contributed by atoms with Crippen molar-refractivity contribution in [1.82, 2.24) is 9.55 Å². The molecule has 0 aliphatic heterocycles. The van der Waals surface area contributed by atoms with Crippen molar-refractivity contribution in [3.05, 3.63) is 45.1 Å². The first kappa shape index (κ1) is 21.9. The number of esters is 1. The summed E-state index contributed by atoms with van der Waals surface area (Å²) in [6, 6.07) is 7.32. The zero-order valence-corrected chi connectivity index (χ0v) is 19.4. The van der Waals surface area contributed by atoms with E-state index in [1.54, 1.807) is 23.0 Å². The number of hydrogen-bond acceptors (Lipinski definition) is 7. The van der Waals surface area contributed by atoms with E-state index in [0.29, 0.717) is 23.2 Å². The molecule has 0 spiro atoms. The van der Waals surface area contributed by atoms with Crippen molar-refractivity contribution < 1.29 is 14.3 Å². The predicted octanol–water partition coefficient (Wildman–Crippen LogP) is 4.77. The molecule has 6 nitrogen and oxygen atoms in total. The van der Waals surface area contributed by atoms with Crippen molar-refractivity contribution in [2.24, 2.45) is 0 Å². The second kappa shape index (κ2) is 9.87. The van der Waals surface area contributed by atoms with E-state index in [-0.39, 0.29) is 17.3 Å². The highest BCUT2D eigenvalue weighted by atomic mass is 32.2. The zero-order chi connectivity index (χ0) is 21.8. The van der Waals surface area contributed by atoms with Crippen LogP contribution < -0.4 is 10.3 Å². The Kier molecular flexibility index (Phi) is 6.97. The van der Waals surface area contributed by atoms with Crippen LogP contribution in [0.25, 0.3) is 15.9 Å². The molecule has 2 aromatic heterocycles. The number of benzene rings is 1. The van der Waals surface area contributed by atoms with Crippen LogP contribution in [0.5, 0.6) is 5.75 Å². The van der Waals surface area contributed by atoms with Crippen LogP contribution in [-0.4, -0.2) is 35.0 Å². The fourth-order valence-corrected chi connectivity index (χ4v) is 5.90. The van der Waals surface area contributed by atoms with E-state index in [2.05, 4.69) is 6.92 Å². The van der Waals surface area contributed by atoms with Crippen LogP contribution in [0.3, 0.4) is 0 Å². The van der Waals surface area contributed by atoms with Gasteiger partial charge in [0.15, 0.2) is 5.16 Å². The van der Waals surface area contributed by atoms with Gasteiger partial charge in [-0.2, -0.15) is 0 Å². The summed E-state index contributed by atoms with van der Waals surface area (Å²) in [7, 11) is 1.61. The summed E-state index contributed by atoms with van der Waals surface area (Å²) in [4.78, 5) is 32.6. The first-order valence-corrected chi connectivity index (χ1v) is 12.4. The van der Waals surface area contributed by atoms with E-state index in [1.807, 2.05) is 24.3 Å². The van der Waals surface area contributed by atoms with Crippen LogP contribution in [0.1, 0.15) is 43.0 Å². The number of thiophene rings is 1. The zero-order valence-electron chi connectivity index (χ0n) is 17.8. The summed E-state index contributed by atoms with van der Waals surface area (Å²) in [6.07, 6.45) is 6.00. The summed E-state index contributed by atoms with van der Waals surface area (Å²) in [6.45, 7) is 2.54. The topological polar surface area (TPSA) is 70.4 Å². The van der Waals surface area contributed by atoms with Crippen molar-refractivity contribution in [3.63, 3.8) is 0 Å². The summed E-state index contributed by atoms with van der Waals surface area (Å²) in [5, 5.41) is 1.23. The van der Waals surface area contributed by atoms with Gasteiger partial charge in [-0.25, -0.2) is 4.98 Å². The van der Waals surface area contributed by atoms with E-state index in [4.69, 9.17) is 14.5 Å². The first-order chi connectivity index (χ1) is 15.1. The molecular formula is C23H26N2O4S2. The SMILES string of the molecule is CCCCCOC(=O)CSc1nc2sc3c(c2c(=O)n1-c1ccc(OC)cc1)CCC3. The largest absolute Gasteiger partial charge is 0.497 e. The lowest BCUT2D eigenvalue weighted by Crippen LogP contribution is -2.22. The molecule has 0 saturated heterocycles. The Hall–Kier alpha value is -2.32. The van der Waals surface area contributed by atoms with Crippen molar-refractivity contribution in [3.8, 4) is 11.4 Å². The molecule has 4 rings (SSSR count). The molecule has 0 unspecified atom stereocenters. The molecule has 1 aliphatic carbocycles. The summed E-state index contributed by atoms with van der Waals surface area (Å²) in [5.41, 5.74) is 1.77. The van der Waals surface area contributed by atoms with Gasteiger partial charge in [-0.15, -0.1) is 11.3 Å². The average Bonchev–Trinajstić information content (AvgIpc) is 3.36. The third-order valence-corrected chi connectivity index (χ3v) is 7.47. The minimum Gasteiger partial charge on any atom is -0.497 e. The number of ether oxygens (including phenoxy) is 2. The fraction of sp³-hybridized carbons (Fsp3) is 0.435. The molecule has 0 N–H and O–H groups in total. The molecular weight excluding hydrogens is 432 g/mol. The summed E-state index contributed by atoms with van der Waals surface area (Å²) in [5.74, 6) is 0.545. The summed E-state index contributed by atoms with van der Waals surface area (Å²) < 4.78 is 12.2. The van der Waals surface area contributed by atoms with Crippen molar-refractivity contribution in [2.45, 2.75) is 50.6 Å². The Bertz CT molecular complexity index is 1140. The Morgan fingerprint density at radius 2 is 2.03 bits per heavy atom. The highest BCUT2D eigenvalue weighted by molar-refractivity contribution is 7.99. The molecule has 0 bridgehead atoms. The van der Waals surface area contributed by atoms with Crippen LogP contribution in [-0.2, 0) is 22.4 Å². The minimum absolute atomic E-state index is 0.0756. The molecule has 1 aromatic carbocycles. The third-order valence-electron chi connectivity index (χ3n) is 5.37. The molecule has 0 saturated carbocycles. The molecule has 8 heteroatoms. The Labute approximate surface area is 189 Å². The highest BCUT2D eigenvalue weighted by Crippen LogP contribution is 2.36. The summed E-state index contributed by atoms with van der Waals surface area (Å²) >= 11 is 2.85. The van der Waals surface area contributed by atoms with E-state index >= 15 is 0 Å². The Balaban J connectivity index is 1.67. The maximum atomic E-state index is 13.6. The van der Waals surface area contributed by atoms with Gasteiger partial charge in [-0.1, -0.05) is 31.5 Å². The Morgan fingerprint density at radius 3 is 2.77 bits per heavy atom. The average molecular weight is 459 g/mol. The number of nitrogens with zero attached hydrogens (tertiary/aromatic N) is 2. The van der Waals surface area contributed by atoms with Gasteiger partial charge in [-0.3, -0.25) is 14.2 Å². The maximum Gasteiger partial charge on any atom is 0.316 e. The number of fused-ring (bicyclic) bond motifs is 3. The first-order valence-electron chi connectivity index (χ1n) is 10.6. The van der Waals surface area contributed by atoms with Gasteiger partial charge < -0.3 is 9.47 Å². The van der Waals surface area contributed by atoms with Crippen LogP contribution in [0.4, 0.5) is 0 Å². The van der Waals surface area contributed by atoms with E-state index in [9.17, 15) is 9.59 Å². The number of methoxy groups -OCH3 is 1. The number of rotatable bonds is 9. The lowest BCUT2D eigenvalue weighted by atomic mass is 10.2. The number of unbranched alkanes of at least 4 members (excludes halogenated alkanes) is 2. The van der Waals surface area contributed by atoms with Crippen LogP contribution in [0, 0.1) is 0 Å². The van der Waals surface area contributed by atoms with E-state index in [0.717, 1.165) is 54.3 Å². The number of carbonyl (C=O) groups is 1. The maximum absolute atomic E-state index is 13.6. The van der Waals surface area contributed by atoms with Gasteiger partial charge in [0.2, 0.25) is 0 Å². The molecule has 0 atom stereocenters. The standard InChI is InChI=1S/C23H26N2O4S2/c1-3-4-5-13-29-19(26)14-30-23-24-21-20(17-7-6-8-18(17)31-21)22(27)25(23)15-9-11-16(28-2)12-10-15/h9-12H,3-8,13-14H2,1-2H3. The van der Waals surface area contributed by atoms with Gasteiger partial charge in [0.05, 0.1) is 30.5 Å². The molecule has 1 aliphatic rings. The fourth-order valence-electron chi connectivity index (χ4n) is 3.78. The van der Waals surface area contributed by atoms with Gasteiger partial charge in [0, 0.05) is 4.88 Å². The normalized spacial score (nSPS) is 12.8. The molecule has 3 aromatic rings.